The summed E-state index contributed by atoms with van der Waals surface area (Å²) in [5, 5.41) is 3.18. The largest absolute Gasteiger partial charge is 0.495 e. The molecule has 0 spiro atoms. The van der Waals surface area contributed by atoms with Gasteiger partial charge in [-0.25, -0.2) is 0 Å². The highest BCUT2D eigenvalue weighted by Gasteiger charge is 2.45. The van der Waals surface area contributed by atoms with Gasteiger partial charge in [-0.2, -0.15) is 13.2 Å². The van der Waals surface area contributed by atoms with Crippen LogP contribution in [0.15, 0.2) is 41.3 Å². The van der Waals surface area contributed by atoms with Crippen molar-refractivity contribution in [3.05, 3.63) is 58.7 Å². The Bertz CT molecular complexity index is 1020. The van der Waals surface area contributed by atoms with Gasteiger partial charge in [0.2, 0.25) is 0 Å². The predicted octanol–water partition coefficient (Wildman–Crippen LogP) is 5.72. The molecule has 0 radical (unpaired) electrons. The van der Waals surface area contributed by atoms with Gasteiger partial charge in [0.05, 0.1) is 28.7 Å². The number of nitrogens with zero attached hydrogens (tertiary/aromatic N) is 1. The zero-order valence-corrected chi connectivity index (χ0v) is 21.0. The van der Waals surface area contributed by atoms with Crippen LogP contribution < -0.4 is 10.1 Å². The van der Waals surface area contributed by atoms with Crippen LogP contribution in [-0.2, 0) is 11.7 Å². The second-order valence-electron chi connectivity index (χ2n) is 9.41. The highest BCUT2D eigenvalue weighted by molar-refractivity contribution is 7.80. The molecule has 2 aromatic rings. The molecule has 1 amide bonds. The highest BCUT2D eigenvalue weighted by Crippen LogP contribution is 2.43. The number of alkyl halides is 3. The first-order valence-corrected chi connectivity index (χ1v) is 10.8. The molecule has 3 rings (SSSR count). The summed E-state index contributed by atoms with van der Waals surface area (Å²) in [5.74, 6) is -0.664. The lowest BCUT2D eigenvalue weighted by atomic mass is 9.71. The van der Waals surface area contributed by atoms with E-state index in [9.17, 15) is 18.0 Å². The molecule has 0 saturated carbocycles. The minimum atomic E-state index is -4.61. The number of rotatable bonds is 4. The predicted molar refractivity (Wildman–Crippen MR) is 129 cm³/mol. The van der Waals surface area contributed by atoms with Crippen LogP contribution >= 0.6 is 25.0 Å². The van der Waals surface area contributed by atoms with E-state index in [1.54, 1.807) is 0 Å². The Hall–Kier alpha value is -1.90. The van der Waals surface area contributed by atoms with Gasteiger partial charge in [0, 0.05) is 13.1 Å². The minimum Gasteiger partial charge on any atom is -0.495 e. The summed E-state index contributed by atoms with van der Waals surface area (Å²) in [6.07, 6.45) is -3.93. The number of carbonyl (C=O) groups is 1. The fraction of sp³-hybridized carbons (Fsp3) is 0.458. The summed E-state index contributed by atoms with van der Waals surface area (Å²) in [5.41, 5.74) is -0.552. The molecule has 1 heterocycles. The Labute approximate surface area is 204 Å². The number of piperidine rings is 1. The van der Waals surface area contributed by atoms with Crippen molar-refractivity contribution in [3.63, 3.8) is 0 Å². The number of benzene rings is 2. The average molecular weight is 503 g/mol. The molecule has 0 aliphatic carbocycles. The van der Waals surface area contributed by atoms with Crippen molar-refractivity contribution in [1.29, 1.82) is 0 Å². The van der Waals surface area contributed by atoms with E-state index in [1.165, 1.54) is 14.0 Å². The third-order valence-corrected chi connectivity index (χ3v) is 6.33. The van der Waals surface area contributed by atoms with Crippen LogP contribution in [0.25, 0.3) is 0 Å². The molecule has 0 aromatic heterocycles. The average Bonchev–Trinajstić information content (AvgIpc) is 2.67. The maximum atomic E-state index is 13.6. The second-order valence-corrected chi connectivity index (χ2v) is 9.86. The number of methoxy groups -OCH3 is 1. The van der Waals surface area contributed by atoms with Crippen LogP contribution in [0.1, 0.15) is 47.3 Å². The number of likely N-dealkylation sites (tertiary alicyclic amines) is 1. The molecule has 1 aliphatic heterocycles. The number of amides is 1. The first-order chi connectivity index (χ1) is 14.8. The molecule has 182 valence electrons. The Balaban J connectivity index is 0.00000385. The van der Waals surface area contributed by atoms with Gasteiger partial charge in [-0.1, -0.05) is 44.2 Å². The number of hydrogen-bond donors (Lipinski definition) is 2. The summed E-state index contributed by atoms with van der Waals surface area (Å²) in [4.78, 5) is 15.4. The minimum absolute atomic E-state index is 0. The van der Waals surface area contributed by atoms with E-state index in [1.807, 2.05) is 37.4 Å². The molecule has 2 aromatic carbocycles. The standard InChI is InChI=1S/C24H29F3N2O2S.ClH/c1-15-11-17(24(25,26)27)20(32)19(31-5)18(15)21(30)28-23(16-9-7-6-8-10-16)12-22(2,3)13-29(4)14-23;/h6-11,32H,12-14H2,1-5H3,(H,28,30);1H. The molecule has 1 N–H and O–H groups in total. The lowest BCUT2D eigenvalue weighted by Gasteiger charge is -2.49. The van der Waals surface area contributed by atoms with Crippen molar-refractivity contribution < 1.29 is 22.7 Å². The van der Waals surface area contributed by atoms with Crippen molar-refractivity contribution in [2.24, 2.45) is 5.41 Å². The van der Waals surface area contributed by atoms with Crippen LogP contribution in [-0.4, -0.2) is 38.1 Å². The molecule has 1 unspecified atom stereocenters. The molecule has 1 fully saturated rings. The summed E-state index contributed by atoms with van der Waals surface area (Å²) in [6, 6.07) is 10.6. The van der Waals surface area contributed by atoms with E-state index < -0.39 is 28.1 Å². The Kier molecular flexibility index (Phi) is 8.09. The first kappa shape index (κ1) is 27.3. The molecule has 0 bridgehead atoms. The van der Waals surface area contributed by atoms with Crippen LogP contribution in [0.5, 0.6) is 5.75 Å². The van der Waals surface area contributed by atoms with Gasteiger partial charge in [0.25, 0.3) is 5.91 Å². The number of hydrogen-bond acceptors (Lipinski definition) is 4. The molecule has 9 heteroatoms. The third kappa shape index (κ3) is 5.61. The van der Waals surface area contributed by atoms with Crippen molar-refractivity contribution in [1.82, 2.24) is 10.2 Å². The molecule has 1 aliphatic rings. The highest BCUT2D eigenvalue weighted by atomic mass is 35.5. The number of ether oxygens (including phenoxy) is 1. The van der Waals surface area contributed by atoms with E-state index >= 15 is 0 Å². The lowest BCUT2D eigenvalue weighted by molar-refractivity contribution is -0.139. The Morgan fingerprint density at radius 1 is 1.18 bits per heavy atom. The van der Waals surface area contributed by atoms with Crippen LogP contribution in [0.4, 0.5) is 13.2 Å². The van der Waals surface area contributed by atoms with Gasteiger partial charge < -0.3 is 15.0 Å². The van der Waals surface area contributed by atoms with E-state index in [0.29, 0.717) is 13.0 Å². The van der Waals surface area contributed by atoms with Gasteiger partial charge in [0.15, 0.2) is 0 Å². The lowest BCUT2D eigenvalue weighted by Crippen LogP contribution is -2.60. The summed E-state index contributed by atoms with van der Waals surface area (Å²) in [7, 11) is 3.25. The number of likely N-dealkylation sites (N-methyl/N-ethyl adjacent to an activating group) is 1. The van der Waals surface area contributed by atoms with E-state index in [0.717, 1.165) is 18.2 Å². The number of thiol groups is 1. The van der Waals surface area contributed by atoms with E-state index in [2.05, 4.69) is 36.7 Å². The van der Waals surface area contributed by atoms with Crippen molar-refractivity contribution >= 4 is 30.9 Å². The van der Waals surface area contributed by atoms with Gasteiger partial charge in [0.1, 0.15) is 5.75 Å². The third-order valence-electron chi connectivity index (χ3n) is 5.89. The van der Waals surface area contributed by atoms with Gasteiger partial charge in [-0.3, -0.25) is 4.79 Å². The Morgan fingerprint density at radius 3 is 2.30 bits per heavy atom. The quantitative estimate of drug-likeness (QED) is 0.525. The Morgan fingerprint density at radius 2 is 1.79 bits per heavy atom. The normalized spacial score (nSPS) is 20.6. The van der Waals surface area contributed by atoms with Crippen LogP contribution in [0.2, 0.25) is 0 Å². The number of nitrogens with one attached hydrogen (secondary N) is 1. The molecule has 1 saturated heterocycles. The van der Waals surface area contributed by atoms with E-state index in [4.69, 9.17) is 4.74 Å². The van der Waals surface area contributed by atoms with Crippen molar-refractivity contribution in [2.75, 3.05) is 27.2 Å². The van der Waals surface area contributed by atoms with Crippen molar-refractivity contribution in [3.8, 4) is 5.75 Å². The topological polar surface area (TPSA) is 41.6 Å². The molecular formula is C24H30ClF3N2O2S. The smallest absolute Gasteiger partial charge is 0.417 e. The number of aryl methyl sites for hydroxylation is 1. The summed E-state index contributed by atoms with van der Waals surface area (Å²) >= 11 is 4.06. The molecule has 4 nitrogen and oxygen atoms in total. The van der Waals surface area contributed by atoms with Crippen LogP contribution in [0, 0.1) is 12.3 Å². The fourth-order valence-corrected chi connectivity index (χ4v) is 5.43. The molecular weight excluding hydrogens is 473 g/mol. The van der Waals surface area contributed by atoms with Gasteiger partial charge in [-0.15, -0.1) is 25.0 Å². The maximum Gasteiger partial charge on any atom is 0.417 e. The second kappa shape index (κ2) is 9.76. The summed E-state index contributed by atoms with van der Waals surface area (Å²) < 4.78 is 45.6. The zero-order chi connectivity index (χ0) is 23.9. The van der Waals surface area contributed by atoms with Gasteiger partial charge >= 0.3 is 6.18 Å². The number of halogens is 4. The van der Waals surface area contributed by atoms with E-state index in [-0.39, 0.29) is 34.7 Å². The number of carbonyl (C=O) groups excluding carboxylic acids is 1. The molecule has 1 atom stereocenters. The zero-order valence-electron chi connectivity index (χ0n) is 19.3. The monoisotopic (exact) mass is 502 g/mol. The molecule has 33 heavy (non-hydrogen) atoms. The maximum absolute atomic E-state index is 13.6. The van der Waals surface area contributed by atoms with Crippen LogP contribution in [0.3, 0.4) is 0 Å². The SMILES string of the molecule is COc1c(S)c(C(F)(F)F)cc(C)c1C(=O)NC1(c2ccccc2)CN(C)CC(C)(C)C1.Cl. The first-order valence-electron chi connectivity index (χ1n) is 10.3. The van der Waals surface area contributed by atoms with Crippen molar-refractivity contribution in [2.45, 2.75) is 43.8 Å². The summed E-state index contributed by atoms with van der Waals surface area (Å²) in [6.45, 7) is 7.19. The fourth-order valence-electron chi connectivity index (χ4n) is 5.04. The van der Waals surface area contributed by atoms with Gasteiger partial charge in [-0.05, 0) is 43.0 Å².